The van der Waals surface area contributed by atoms with E-state index in [9.17, 15) is 9.59 Å². The second-order valence-corrected chi connectivity index (χ2v) is 8.29. The molecule has 3 aromatic carbocycles. The zero-order valence-electron chi connectivity index (χ0n) is 17.4. The number of aromatic nitrogens is 1. The van der Waals surface area contributed by atoms with Crippen LogP contribution in [0.4, 0.5) is 0 Å². The number of amides is 2. The normalized spacial score (nSPS) is 10.6. The third-order valence-electron chi connectivity index (χ3n) is 4.80. The lowest BCUT2D eigenvalue weighted by molar-refractivity contribution is -0.130. The first kappa shape index (κ1) is 21.5. The summed E-state index contributed by atoms with van der Waals surface area (Å²) in [5.41, 5.74) is 7.74. The first-order valence-corrected chi connectivity index (χ1v) is 11.2. The Labute approximate surface area is 190 Å². The van der Waals surface area contributed by atoms with Gasteiger partial charge in [0.2, 0.25) is 5.91 Å². The number of aryl methyl sites for hydroxylation is 1. The van der Waals surface area contributed by atoms with E-state index in [-0.39, 0.29) is 12.5 Å². The molecule has 7 heteroatoms. The van der Waals surface area contributed by atoms with Crippen molar-refractivity contribution in [2.75, 3.05) is 6.61 Å². The minimum atomic E-state index is -0.424. The summed E-state index contributed by atoms with van der Waals surface area (Å²) in [4.78, 5) is 28.7. The van der Waals surface area contributed by atoms with E-state index in [1.54, 1.807) is 11.3 Å². The highest BCUT2D eigenvalue weighted by Crippen LogP contribution is 2.29. The monoisotopic (exact) mass is 445 g/mol. The van der Waals surface area contributed by atoms with Crippen LogP contribution in [-0.2, 0) is 16.0 Å². The lowest BCUT2D eigenvalue weighted by Crippen LogP contribution is -2.43. The third-order valence-corrected chi connectivity index (χ3v) is 5.90. The molecular weight excluding hydrogens is 422 g/mol. The number of thiazole rings is 1. The maximum Gasteiger partial charge on any atom is 0.276 e. The van der Waals surface area contributed by atoms with Crippen LogP contribution in [-0.4, -0.2) is 23.4 Å². The molecule has 0 unspecified atom stereocenters. The summed E-state index contributed by atoms with van der Waals surface area (Å²) >= 11 is 1.64. The van der Waals surface area contributed by atoms with E-state index in [1.807, 2.05) is 78.9 Å². The van der Waals surface area contributed by atoms with E-state index in [0.717, 1.165) is 32.8 Å². The van der Waals surface area contributed by atoms with Crippen molar-refractivity contribution in [1.29, 1.82) is 0 Å². The van der Waals surface area contributed by atoms with E-state index in [2.05, 4.69) is 15.8 Å². The van der Waals surface area contributed by atoms with Gasteiger partial charge in [-0.25, -0.2) is 4.98 Å². The van der Waals surface area contributed by atoms with Crippen LogP contribution >= 0.6 is 11.3 Å². The zero-order valence-corrected chi connectivity index (χ0v) is 18.2. The minimum Gasteiger partial charge on any atom is -0.483 e. The Hall–Kier alpha value is -3.71. The molecule has 6 nitrogen and oxygen atoms in total. The van der Waals surface area contributed by atoms with Gasteiger partial charge in [0.15, 0.2) is 6.61 Å². The number of fused-ring (bicyclic) bond motifs is 1. The first-order chi connectivity index (χ1) is 15.7. The number of para-hydroxylation sites is 2. The van der Waals surface area contributed by atoms with Crippen molar-refractivity contribution >= 4 is 33.4 Å². The second kappa shape index (κ2) is 10.5. The van der Waals surface area contributed by atoms with Crippen LogP contribution in [0.1, 0.15) is 17.8 Å². The van der Waals surface area contributed by atoms with Gasteiger partial charge in [-0.1, -0.05) is 60.7 Å². The first-order valence-electron chi connectivity index (χ1n) is 10.4. The number of ether oxygens (including phenoxy) is 1. The zero-order chi connectivity index (χ0) is 22.2. The number of carbonyl (C=O) groups excluding carboxylic acids is 2. The highest BCUT2D eigenvalue weighted by molar-refractivity contribution is 7.18. The molecule has 0 aliphatic heterocycles. The highest BCUT2D eigenvalue weighted by Gasteiger charge is 2.10. The molecule has 4 aromatic rings. The van der Waals surface area contributed by atoms with E-state index in [0.29, 0.717) is 18.6 Å². The Kier molecular flexibility index (Phi) is 7.09. The molecule has 0 bridgehead atoms. The molecule has 1 heterocycles. The number of hydrazine groups is 1. The molecule has 0 saturated heterocycles. The number of benzene rings is 3. The van der Waals surface area contributed by atoms with Gasteiger partial charge in [-0.3, -0.25) is 20.4 Å². The molecule has 32 heavy (non-hydrogen) atoms. The van der Waals surface area contributed by atoms with Gasteiger partial charge in [0.1, 0.15) is 5.75 Å². The molecule has 0 aliphatic carbocycles. The van der Waals surface area contributed by atoms with Crippen molar-refractivity contribution in [3.05, 3.63) is 83.9 Å². The van der Waals surface area contributed by atoms with Crippen molar-refractivity contribution in [3.8, 4) is 16.9 Å². The van der Waals surface area contributed by atoms with Crippen LogP contribution in [0.3, 0.4) is 0 Å². The lowest BCUT2D eigenvalue weighted by atomic mass is 10.1. The summed E-state index contributed by atoms with van der Waals surface area (Å²) in [7, 11) is 0. The van der Waals surface area contributed by atoms with E-state index >= 15 is 0 Å². The van der Waals surface area contributed by atoms with Crippen LogP contribution in [0.15, 0.2) is 78.9 Å². The van der Waals surface area contributed by atoms with Crippen molar-refractivity contribution in [2.45, 2.75) is 19.3 Å². The largest absolute Gasteiger partial charge is 0.483 e. The Morgan fingerprint density at radius 3 is 2.41 bits per heavy atom. The van der Waals surface area contributed by atoms with Crippen LogP contribution in [0.2, 0.25) is 0 Å². The molecule has 0 atom stereocenters. The molecule has 0 fully saturated rings. The number of hydrogen-bond acceptors (Lipinski definition) is 5. The maximum atomic E-state index is 12.1. The molecule has 2 N–H and O–H groups in total. The quantitative estimate of drug-likeness (QED) is 0.391. The smallest absolute Gasteiger partial charge is 0.276 e. The molecule has 4 rings (SSSR count). The van der Waals surface area contributed by atoms with Gasteiger partial charge in [0, 0.05) is 12.0 Å². The van der Waals surface area contributed by atoms with Gasteiger partial charge in [0.05, 0.1) is 15.2 Å². The second-order valence-electron chi connectivity index (χ2n) is 7.18. The van der Waals surface area contributed by atoms with Gasteiger partial charge >= 0.3 is 0 Å². The van der Waals surface area contributed by atoms with Crippen LogP contribution in [0, 0.1) is 0 Å². The molecule has 1 aromatic heterocycles. The topological polar surface area (TPSA) is 80.3 Å². The van der Waals surface area contributed by atoms with E-state index < -0.39 is 5.91 Å². The Bertz CT molecular complexity index is 1170. The van der Waals surface area contributed by atoms with Crippen LogP contribution in [0.25, 0.3) is 21.3 Å². The fraction of sp³-hybridized carbons (Fsp3) is 0.160. The van der Waals surface area contributed by atoms with Crippen LogP contribution in [0.5, 0.6) is 5.75 Å². The number of hydrogen-bond donors (Lipinski definition) is 2. The van der Waals surface area contributed by atoms with Gasteiger partial charge < -0.3 is 4.74 Å². The van der Waals surface area contributed by atoms with Crippen molar-refractivity contribution in [2.24, 2.45) is 0 Å². The number of nitrogens with zero attached hydrogens (tertiary/aromatic N) is 1. The SMILES string of the molecule is O=C(CCCc1nc2ccccc2s1)NNC(=O)COc1ccccc1-c1ccccc1. The Morgan fingerprint density at radius 2 is 1.56 bits per heavy atom. The summed E-state index contributed by atoms with van der Waals surface area (Å²) < 4.78 is 6.83. The van der Waals surface area contributed by atoms with Gasteiger partial charge in [-0.05, 0) is 36.6 Å². The highest BCUT2D eigenvalue weighted by atomic mass is 32.1. The van der Waals surface area contributed by atoms with E-state index in [4.69, 9.17) is 4.74 Å². The van der Waals surface area contributed by atoms with Gasteiger partial charge in [-0.15, -0.1) is 11.3 Å². The van der Waals surface area contributed by atoms with Crippen molar-refractivity contribution in [3.63, 3.8) is 0 Å². The predicted octanol–water partition coefficient (Wildman–Crippen LogP) is 4.51. The molecule has 162 valence electrons. The molecule has 0 saturated carbocycles. The van der Waals surface area contributed by atoms with Gasteiger partial charge in [-0.2, -0.15) is 0 Å². The van der Waals surface area contributed by atoms with E-state index in [1.165, 1.54) is 0 Å². The van der Waals surface area contributed by atoms with Crippen molar-refractivity contribution < 1.29 is 14.3 Å². The van der Waals surface area contributed by atoms with Gasteiger partial charge in [0.25, 0.3) is 5.91 Å². The predicted molar refractivity (Wildman–Crippen MR) is 126 cm³/mol. The summed E-state index contributed by atoms with van der Waals surface area (Å²) in [6, 6.07) is 25.3. The number of nitrogens with one attached hydrogen (secondary N) is 2. The molecule has 0 radical (unpaired) electrons. The molecule has 2 amide bonds. The number of rotatable bonds is 8. The fourth-order valence-corrected chi connectivity index (χ4v) is 4.27. The van der Waals surface area contributed by atoms with Crippen molar-refractivity contribution in [1.82, 2.24) is 15.8 Å². The Morgan fingerprint density at radius 1 is 0.844 bits per heavy atom. The Balaban J connectivity index is 1.19. The summed E-state index contributed by atoms with van der Waals surface area (Å²) in [5, 5.41) is 1.01. The fourth-order valence-electron chi connectivity index (χ4n) is 3.26. The summed E-state index contributed by atoms with van der Waals surface area (Å²) in [6.07, 6.45) is 1.68. The average Bonchev–Trinajstić information content (AvgIpc) is 3.25. The molecule has 0 aliphatic rings. The summed E-state index contributed by atoms with van der Waals surface area (Å²) in [5.74, 6) is -0.0625. The third kappa shape index (κ3) is 5.70. The minimum absolute atomic E-state index is 0.199. The summed E-state index contributed by atoms with van der Waals surface area (Å²) in [6.45, 7) is -0.199. The van der Waals surface area contributed by atoms with Crippen LogP contribution < -0.4 is 15.6 Å². The standard InChI is InChI=1S/C25H23N3O3S/c29-23(15-8-16-25-26-20-12-5-7-14-22(20)32-25)27-28-24(30)17-31-21-13-6-4-11-19(21)18-9-2-1-3-10-18/h1-7,9-14H,8,15-17H2,(H,27,29)(H,28,30). The number of carbonyl (C=O) groups is 2. The average molecular weight is 446 g/mol. The maximum absolute atomic E-state index is 12.1. The molecule has 0 spiro atoms. The molecular formula is C25H23N3O3S. The lowest BCUT2D eigenvalue weighted by Gasteiger charge is -2.12.